The summed E-state index contributed by atoms with van der Waals surface area (Å²) in [6.07, 6.45) is 0. The Labute approximate surface area is 321 Å². The molecule has 2 aromatic heterocycles. The van der Waals surface area contributed by atoms with Crippen molar-refractivity contribution in [3.63, 3.8) is 0 Å². The highest BCUT2D eigenvalue weighted by atomic mass is 15.0. The topological polar surface area (TPSA) is 17.8 Å². The Bertz CT molecular complexity index is 2830. The summed E-state index contributed by atoms with van der Waals surface area (Å²) in [4.78, 5) is 5.13. The molecule has 0 saturated heterocycles. The van der Waals surface area contributed by atoms with Gasteiger partial charge >= 0.3 is 0 Å². The molecule has 0 fully saturated rings. The Kier molecular flexibility index (Phi) is 8.20. The number of fused-ring (bicyclic) bond motifs is 3. The molecular weight excluding hydrogens is 665 g/mol. The molecule has 2 heterocycles. The van der Waals surface area contributed by atoms with Gasteiger partial charge < -0.3 is 4.57 Å². The fourth-order valence-corrected chi connectivity index (χ4v) is 7.83. The zero-order valence-corrected chi connectivity index (χ0v) is 30.2. The molecule has 0 saturated carbocycles. The monoisotopic (exact) mass is 700 g/mol. The average molecular weight is 701 g/mol. The largest absolute Gasteiger partial charge is 0.309 e. The van der Waals surface area contributed by atoms with Crippen molar-refractivity contribution in [2.45, 2.75) is 0 Å². The van der Waals surface area contributed by atoms with Crippen molar-refractivity contribution in [2.75, 3.05) is 0 Å². The number of aromatic nitrogens is 2. The van der Waals surface area contributed by atoms with Crippen LogP contribution in [0.15, 0.2) is 218 Å². The van der Waals surface area contributed by atoms with E-state index in [-0.39, 0.29) is 0 Å². The fraction of sp³-hybridized carbons (Fsp3) is 0. The van der Waals surface area contributed by atoms with Crippen LogP contribution in [0.2, 0.25) is 0 Å². The lowest BCUT2D eigenvalue weighted by molar-refractivity contribution is 1.18. The van der Waals surface area contributed by atoms with Gasteiger partial charge in [-0.2, -0.15) is 0 Å². The van der Waals surface area contributed by atoms with Gasteiger partial charge in [0.25, 0.3) is 0 Å². The molecule has 2 heteroatoms. The van der Waals surface area contributed by atoms with Crippen LogP contribution in [0.3, 0.4) is 0 Å². The Morgan fingerprint density at radius 1 is 0.255 bits per heavy atom. The van der Waals surface area contributed by atoms with Crippen LogP contribution in [0.25, 0.3) is 94.5 Å². The Morgan fingerprint density at radius 3 is 1.15 bits per heavy atom. The first-order valence-electron chi connectivity index (χ1n) is 18.8. The molecule has 0 atom stereocenters. The summed E-state index contributed by atoms with van der Waals surface area (Å²) >= 11 is 0. The summed E-state index contributed by atoms with van der Waals surface area (Å²) in [5, 5.41) is 2.55. The van der Waals surface area contributed by atoms with Crippen LogP contribution in [-0.2, 0) is 0 Å². The Morgan fingerprint density at radius 2 is 0.618 bits per heavy atom. The third-order valence-corrected chi connectivity index (χ3v) is 10.6. The predicted molar refractivity (Wildman–Crippen MR) is 231 cm³/mol. The highest BCUT2D eigenvalue weighted by Crippen LogP contribution is 2.35. The van der Waals surface area contributed by atoms with E-state index in [0.29, 0.717) is 0 Å². The third-order valence-electron chi connectivity index (χ3n) is 10.6. The van der Waals surface area contributed by atoms with Crippen LogP contribution in [0.5, 0.6) is 0 Å². The van der Waals surface area contributed by atoms with E-state index < -0.39 is 0 Å². The molecule has 258 valence electrons. The van der Waals surface area contributed by atoms with Crippen molar-refractivity contribution in [1.29, 1.82) is 0 Å². The maximum absolute atomic E-state index is 5.13. The second kappa shape index (κ2) is 13.9. The maximum Gasteiger partial charge on any atom is 0.0715 e. The molecule has 0 bridgehead atoms. The minimum atomic E-state index is 0.959. The van der Waals surface area contributed by atoms with Gasteiger partial charge in [-0.05, 0) is 93.0 Å². The van der Waals surface area contributed by atoms with Crippen LogP contribution in [0.4, 0.5) is 0 Å². The average Bonchev–Trinajstić information content (AvgIpc) is 3.61. The molecule has 10 rings (SSSR count). The Balaban J connectivity index is 0.937. The summed E-state index contributed by atoms with van der Waals surface area (Å²) < 4.78 is 2.36. The molecule has 0 radical (unpaired) electrons. The molecule has 55 heavy (non-hydrogen) atoms. The van der Waals surface area contributed by atoms with Crippen molar-refractivity contribution in [3.8, 4) is 72.7 Å². The van der Waals surface area contributed by atoms with E-state index in [4.69, 9.17) is 4.98 Å². The molecule has 0 aliphatic rings. The lowest BCUT2D eigenvalue weighted by Crippen LogP contribution is -1.93. The quantitative estimate of drug-likeness (QED) is 0.162. The highest BCUT2D eigenvalue weighted by Gasteiger charge is 2.13. The van der Waals surface area contributed by atoms with Gasteiger partial charge in [-0.3, -0.25) is 0 Å². The molecule has 0 aliphatic heterocycles. The minimum Gasteiger partial charge on any atom is -0.309 e. The number of hydrogen-bond acceptors (Lipinski definition) is 1. The molecule has 0 amide bonds. The lowest BCUT2D eigenvalue weighted by Gasteiger charge is -2.12. The molecule has 0 N–H and O–H groups in total. The van der Waals surface area contributed by atoms with E-state index in [2.05, 4.69) is 217 Å². The summed E-state index contributed by atoms with van der Waals surface area (Å²) in [7, 11) is 0. The molecule has 10 aromatic rings. The second-order valence-electron chi connectivity index (χ2n) is 14.0. The molecule has 0 unspecified atom stereocenters. The number of nitrogens with zero attached hydrogens (tertiary/aromatic N) is 2. The number of rotatable bonds is 7. The van der Waals surface area contributed by atoms with Gasteiger partial charge in [-0.1, -0.05) is 170 Å². The second-order valence-corrected chi connectivity index (χ2v) is 14.0. The van der Waals surface area contributed by atoms with E-state index in [1.54, 1.807) is 0 Å². The fourth-order valence-electron chi connectivity index (χ4n) is 7.83. The smallest absolute Gasteiger partial charge is 0.0715 e. The predicted octanol–water partition coefficient (Wildman–Crippen LogP) is 14.2. The number of hydrogen-bond donors (Lipinski definition) is 0. The summed E-state index contributed by atoms with van der Waals surface area (Å²) in [6, 6.07) is 78.1. The van der Waals surface area contributed by atoms with Gasteiger partial charge in [0.15, 0.2) is 0 Å². The summed E-state index contributed by atoms with van der Waals surface area (Å²) in [5.74, 6) is 0. The molecule has 8 aromatic carbocycles. The van der Waals surface area contributed by atoms with Gasteiger partial charge in [0.1, 0.15) is 0 Å². The van der Waals surface area contributed by atoms with E-state index in [1.807, 2.05) is 6.07 Å². The van der Waals surface area contributed by atoms with Crippen LogP contribution >= 0.6 is 0 Å². The first kappa shape index (κ1) is 32.4. The summed E-state index contributed by atoms with van der Waals surface area (Å²) in [6.45, 7) is 0. The standard InChI is InChI=1S/C53H36N2/c1-3-13-37(14-4-1)46-35-50(40-15-5-2-6-16-40)54-51(36-46)41-27-25-38(26-28-41)42-17-11-19-44(33-42)45-20-12-18-43(34-45)39-29-31-47(32-30-39)55-52-23-9-7-21-48(52)49-22-8-10-24-53(49)55/h1-36H. The van der Waals surface area contributed by atoms with Crippen LogP contribution < -0.4 is 0 Å². The minimum absolute atomic E-state index is 0.959. The maximum atomic E-state index is 5.13. The SMILES string of the molecule is c1ccc(-c2cc(-c3ccccc3)nc(-c3ccc(-c4cccc(-c5cccc(-c6ccc(-n7c8ccccc8c8ccccc87)cc6)c5)c4)cc3)c2)cc1. The van der Waals surface area contributed by atoms with Gasteiger partial charge in [0.05, 0.1) is 22.4 Å². The van der Waals surface area contributed by atoms with E-state index in [0.717, 1.165) is 33.8 Å². The van der Waals surface area contributed by atoms with Crippen molar-refractivity contribution in [3.05, 3.63) is 218 Å². The van der Waals surface area contributed by atoms with Crippen molar-refractivity contribution in [2.24, 2.45) is 0 Å². The van der Waals surface area contributed by atoms with Gasteiger partial charge in [0, 0.05) is 27.6 Å². The zero-order chi connectivity index (χ0) is 36.6. The molecule has 2 nitrogen and oxygen atoms in total. The first-order chi connectivity index (χ1) is 27.2. The number of benzene rings is 8. The first-order valence-corrected chi connectivity index (χ1v) is 18.8. The van der Waals surface area contributed by atoms with Gasteiger partial charge in [-0.25, -0.2) is 4.98 Å². The number of pyridine rings is 1. The lowest BCUT2D eigenvalue weighted by atomic mass is 9.95. The van der Waals surface area contributed by atoms with Crippen LogP contribution in [0, 0.1) is 0 Å². The van der Waals surface area contributed by atoms with E-state index in [1.165, 1.54) is 60.8 Å². The number of para-hydroxylation sites is 2. The molecular formula is C53H36N2. The molecule has 0 aliphatic carbocycles. The van der Waals surface area contributed by atoms with Crippen LogP contribution in [-0.4, -0.2) is 9.55 Å². The van der Waals surface area contributed by atoms with Gasteiger partial charge in [0.2, 0.25) is 0 Å². The summed E-state index contributed by atoms with van der Waals surface area (Å²) in [5.41, 5.74) is 17.2. The van der Waals surface area contributed by atoms with Crippen molar-refractivity contribution in [1.82, 2.24) is 9.55 Å². The van der Waals surface area contributed by atoms with E-state index >= 15 is 0 Å². The van der Waals surface area contributed by atoms with Crippen LogP contribution in [0.1, 0.15) is 0 Å². The van der Waals surface area contributed by atoms with Crippen molar-refractivity contribution < 1.29 is 0 Å². The third kappa shape index (κ3) is 6.20. The van der Waals surface area contributed by atoms with Gasteiger partial charge in [-0.15, -0.1) is 0 Å². The normalized spacial score (nSPS) is 11.3. The Hall–Kier alpha value is -7.29. The zero-order valence-electron chi connectivity index (χ0n) is 30.2. The van der Waals surface area contributed by atoms with Crippen molar-refractivity contribution >= 4 is 21.8 Å². The molecule has 0 spiro atoms. The highest BCUT2D eigenvalue weighted by molar-refractivity contribution is 6.09. The van der Waals surface area contributed by atoms with E-state index in [9.17, 15) is 0 Å².